The van der Waals surface area contributed by atoms with Crippen molar-refractivity contribution in [1.82, 2.24) is 8.87 Å². The Bertz CT molecular complexity index is 853. The number of thiazole rings is 1. The topological polar surface area (TPSA) is 68.6 Å². The van der Waals surface area contributed by atoms with E-state index in [4.69, 9.17) is 4.74 Å². The molecule has 0 spiro atoms. The van der Waals surface area contributed by atoms with Crippen molar-refractivity contribution in [3.63, 3.8) is 0 Å². The zero-order chi connectivity index (χ0) is 15.9. The Morgan fingerprint density at radius 1 is 1.36 bits per heavy atom. The molecule has 1 aliphatic heterocycles. The zero-order valence-corrected chi connectivity index (χ0v) is 14.1. The van der Waals surface area contributed by atoms with E-state index in [1.165, 1.54) is 8.87 Å². The van der Waals surface area contributed by atoms with E-state index in [0.717, 1.165) is 29.7 Å². The third-order valence-corrected chi connectivity index (χ3v) is 6.93. The van der Waals surface area contributed by atoms with Crippen molar-refractivity contribution >= 4 is 31.6 Å². The molecule has 1 atom stereocenters. The van der Waals surface area contributed by atoms with Crippen molar-refractivity contribution in [2.45, 2.75) is 23.8 Å². The molecule has 2 aromatic rings. The first-order valence-electron chi connectivity index (χ1n) is 7.06. The van der Waals surface area contributed by atoms with Crippen LogP contribution in [0.5, 0.6) is 0 Å². The van der Waals surface area contributed by atoms with Gasteiger partial charge < -0.3 is 9.30 Å². The highest BCUT2D eigenvalue weighted by Gasteiger charge is 2.30. The summed E-state index contributed by atoms with van der Waals surface area (Å²) in [7, 11) is -0.262. The van der Waals surface area contributed by atoms with Gasteiger partial charge in [0, 0.05) is 27.2 Å². The molecule has 6 nitrogen and oxygen atoms in total. The van der Waals surface area contributed by atoms with Crippen molar-refractivity contribution in [2.75, 3.05) is 20.2 Å². The van der Waals surface area contributed by atoms with Crippen molar-refractivity contribution in [2.24, 2.45) is 7.05 Å². The van der Waals surface area contributed by atoms with Crippen molar-refractivity contribution in [3.05, 3.63) is 27.9 Å². The number of methoxy groups -OCH3 is 1. The molecule has 1 fully saturated rings. The van der Waals surface area contributed by atoms with Gasteiger partial charge in [-0.25, -0.2) is 8.42 Å². The smallest absolute Gasteiger partial charge is 0.307 e. The van der Waals surface area contributed by atoms with Gasteiger partial charge in [0.25, 0.3) is 0 Å². The molecule has 22 heavy (non-hydrogen) atoms. The number of hydrogen-bond acceptors (Lipinski definition) is 5. The third-order valence-electron chi connectivity index (χ3n) is 4.08. The van der Waals surface area contributed by atoms with Gasteiger partial charge in [0.05, 0.1) is 21.2 Å². The first kappa shape index (κ1) is 15.7. The summed E-state index contributed by atoms with van der Waals surface area (Å²) in [5.74, 6) is 0. The molecule has 1 aliphatic rings. The number of rotatable bonds is 3. The summed E-state index contributed by atoms with van der Waals surface area (Å²) in [6.07, 6.45) is 1.61. The molecule has 0 aliphatic carbocycles. The maximum Gasteiger partial charge on any atom is 0.307 e. The minimum Gasteiger partial charge on any atom is -0.380 e. The van der Waals surface area contributed by atoms with Crippen molar-refractivity contribution in [3.8, 4) is 0 Å². The molecule has 0 radical (unpaired) electrons. The fraction of sp³-hybridized carbons (Fsp3) is 0.500. The summed E-state index contributed by atoms with van der Waals surface area (Å²) in [5.41, 5.74) is 0.752. The third kappa shape index (κ3) is 2.60. The molecule has 0 N–H and O–H groups in total. The molecule has 120 valence electrons. The largest absolute Gasteiger partial charge is 0.380 e. The Morgan fingerprint density at radius 3 is 2.86 bits per heavy atom. The second-order valence-electron chi connectivity index (χ2n) is 5.42. The lowest BCUT2D eigenvalue weighted by Crippen LogP contribution is -2.42. The Morgan fingerprint density at radius 2 is 2.14 bits per heavy atom. The van der Waals surface area contributed by atoms with Gasteiger partial charge in [-0.05, 0) is 31.0 Å². The Kier molecular flexibility index (Phi) is 4.11. The first-order chi connectivity index (χ1) is 10.4. The Balaban J connectivity index is 2.00. The summed E-state index contributed by atoms with van der Waals surface area (Å²) in [6, 6.07) is 4.85. The van der Waals surface area contributed by atoms with E-state index in [2.05, 4.69) is 0 Å². The van der Waals surface area contributed by atoms with E-state index in [1.807, 2.05) is 0 Å². The van der Waals surface area contributed by atoms with Crippen LogP contribution >= 0.6 is 11.3 Å². The highest BCUT2D eigenvalue weighted by atomic mass is 32.2. The van der Waals surface area contributed by atoms with Gasteiger partial charge in [0.15, 0.2) is 0 Å². The monoisotopic (exact) mass is 342 g/mol. The second-order valence-corrected chi connectivity index (χ2v) is 8.35. The molecule has 0 amide bonds. The van der Waals surface area contributed by atoms with E-state index in [-0.39, 0.29) is 15.9 Å². The summed E-state index contributed by atoms with van der Waals surface area (Å²) in [5, 5.41) is 0. The first-order valence-corrected chi connectivity index (χ1v) is 9.31. The van der Waals surface area contributed by atoms with Crippen LogP contribution < -0.4 is 4.87 Å². The molecule has 1 saturated heterocycles. The molecular formula is C14H18N2O4S2. The van der Waals surface area contributed by atoms with Crippen molar-refractivity contribution < 1.29 is 13.2 Å². The highest BCUT2D eigenvalue weighted by molar-refractivity contribution is 7.89. The number of aromatic nitrogens is 1. The lowest BCUT2D eigenvalue weighted by atomic mass is 10.1. The number of fused-ring (bicyclic) bond motifs is 1. The van der Waals surface area contributed by atoms with Gasteiger partial charge >= 0.3 is 4.87 Å². The van der Waals surface area contributed by atoms with Gasteiger partial charge in [-0.2, -0.15) is 4.31 Å². The number of sulfonamides is 1. The molecule has 3 rings (SSSR count). The Labute approximate surface area is 133 Å². The average molecular weight is 342 g/mol. The number of hydrogen-bond donors (Lipinski definition) is 0. The average Bonchev–Trinajstić information content (AvgIpc) is 2.81. The maximum absolute atomic E-state index is 12.8. The standard InChI is InChI=1S/C14H18N2O4S2/c1-15-12-6-5-11(8-13(12)21-14(15)17)22(18,19)16-7-3-4-10(9-16)20-2/h5-6,8,10H,3-4,7,9H2,1-2H3. The second kappa shape index (κ2) is 5.77. The number of aryl methyl sites for hydroxylation is 1. The van der Waals surface area contributed by atoms with Crippen LogP contribution in [0.4, 0.5) is 0 Å². The lowest BCUT2D eigenvalue weighted by molar-refractivity contribution is 0.0572. The highest BCUT2D eigenvalue weighted by Crippen LogP contribution is 2.26. The van der Waals surface area contributed by atoms with Crippen LogP contribution in [0, 0.1) is 0 Å². The number of nitrogens with zero attached hydrogens (tertiary/aromatic N) is 2. The summed E-state index contributed by atoms with van der Waals surface area (Å²) >= 11 is 1.06. The van der Waals surface area contributed by atoms with Gasteiger partial charge in [0.1, 0.15) is 0 Å². The molecule has 2 heterocycles. The van der Waals surface area contributed by atoms with E-state index < -0.39 is 10.0 Å². The van der Waals surface area contributed by atoms with Crippen LogP contribution in [0.15, 0.2) is 27.9 Å². The summed E-state index contributed by atoms with van der Waals surface area (Å²) in [4.78, 5) is 11.8. The molecule has 1 aromatic heterocycles. The van der Waals surface area contributed by atoms with Gasteiger partial charge in [-0.1, -0.05) is 11.3 Å². The maximum atomic E-state index is 12.8. The van der Waals surface area contributed by atoms with Crippen LogP contribution in [0.3, 0.4) is 0 Å². The zero-order valence-electron chi connectivity index (χ0n) is 12.5. The fourth-order valence-corrected chi connectivity index (χ4v) is 5.27. The van der Waals surface area contributed by atoms with E-state index in [1.54, 1.807) is 32.4 Å². The van der Waals surface area contributed by atoms with E-state index in [9.17, 15) is 13.2 Å². The number of ether oxygens (including phenoxy) is 1. The van der Waals surface area contributed by atoms with Crippen LogP contribution in [0.2, 0.25) is 0 Å². The van der Waals surface area contributed by atoms with Gasteiger partial charge in [-0.15, -0.1) is 0 Å². The van der Waals surface area contributed by atoms with Crippen molar-refractivity contribution in [1.29, 1.82) is 0 Å². The fourth-order valence-electron chi connectivity index (χ4n) is 2.74. The lowest BCUT2D eigenvalue weighted by Gasteiger charge is -2.31. The van der Waals surface area contributed by atoms with Crippen LogP contribution in [0.25, 0.3) is 10.2 Å². The van der Waals surface area contributed by atoms with Crippen LogP contribution in [-0.2, 0) is 21.8 Å². The normalized spacial score (nSPS) is 20.5. The Hall–Kier alpha value is -1.22. The van der Waals surface area contributed by atoms with Gasteiger partial charge in [-0.3, -0.25) is 4.79 Å². The van der Waals surface area contributed by atoms with Gasteiger partial charge in [0.2, 0.25) is 10.0 Å². The van der Waals surface area contributed by atoms with E-state index >= 15 is 0 Å². The summed E-state index contributed by atoms with van der Waals surface area (Å²) < 4.78 is 34.5. The van der Waals surface area contributed by atoms with E-state index in [0.29, 0.717) is 17.8 Å². The molecule has 1 aromatic carbocycles. The molecule has 0 saturated carbocycles. The quantitative estimate of drug-likeness (QED) is 0.845. The van der Waals surface area contributed by atoms with Crippen LogP contribution in [-0.4, -0.2) is 43.6 Å². The SMILES string of the molecule is COC1CCCN(S(=O)(=O)c2ccc3c(c2)sc(=O)n3C)C1. The number of piperidine rings is 1. The molecule has 1 unspecified atom stereocenters. The minimum atomic E-state index is -3.55. The minimum absolute atomic E-state index is 0.0555. The summed E-state index contributed by atoms with van der Waals surface area (Å²) in [6.45, 7) is 0.882. The van der Waals surface area contributed by atoms with Crippen LogP contribution in [0.1, 0.15) is 12.8 Å². The molecule has 8 heteroatoms. The number of benzene rings is 1. The molecule has 0 bridgehead atoms. The predicted octanol–water partition coefficient (Wildman–Crippen LogP) is 1.40. The molecular weight excluding hydrogens is 324 g/mol. The predicted molar refractivity (Wildman–Crippen MR) is 85.9 cm³/mol.